The molecule has 0 saturated carbocycles. The molecule has 0 aliphatic heterocycles. The highest BCUT2D eigenvalue weighted by atomic mass is 19.4. The molecule has 0 saturated heterocycles. The minimum absolute atomic E-state index is 0.00507. The van der Waals surface area contributed by atoms with Crippen LogP contribution >= 0.6 is 0 Å². The maximum Gasteiger partial charge on any atom is 0.416 e. The molecular formula is C9H6BF3O. The van der Waals surface area contributed by atoms with E-state index in [9.17, 15) is 18.0 Å². The average molecular weight is 198 g/mol. The number of hydrogen-bond acceptors (Lipinski definition) is 1. The highest BCUT2D eigenvalue weighted by molar-refractivity contribution is 6.08. The van der Waals surface area contributed by atoms with Crippen molar-refractivity contribution in [2.75, 3.05) is 0 Å². The summed E-state index contributed by atoms with van der Waals surface area (Å²) < 4.78 is 37.1. The lowest BCUT2D eigenvalue weighted by Gasteiger charge is -2.11. The number of hydrogen-bond donors (Lipinski definition) is 0. The Bertz CT molecular complexity index is 346. The summed E-state index contributed by atoms with van der Waals surface area (Å²) >= 11 is 0. The number of benzene rings is 1. The monoisotopic (exact) mass is 198 g/mol. The second-order valence-electron chi connectivity index (χ2n) is 2.74. The van der Waals surface area contributed by atoms with E-state index in [4.69, 9.17) is 7.85 Å². The van der Waals surface area contributed by atoms with Gasteiger partial charge >= 0.3 is 6.18 Å². The molecule has 1 aromatic rings. The van der Waals surface area contributed by atoms with E-state index in [0.29, 0.717) is 6.29 Å². The average Bonchev–Trinajstić information content (AvgIpc) is 2.15. The highest BCUT2D eigenvalue weighted by Gasteiger charge is 2.32. The van der Waals surface area contributed by atoms with Crippen LogP contribution in [-0.2, 0) is 12.5 Å². The fraction of sp³-hybridized carbons (Fsp3) is 0.222. The van der Waals surface area contributed by atoms with Crippen molar-refractivity contribution in [1.82, 2.24) is 0 Å². The Morgan fingerprint density at radius 3 is 2.43 bits per heavy atom. The molecule has 5 heteroatoms. The van der Waals surface area contributed by atoms with Crippen LogP contribution in [0.3, 0.4) is 0 Å². The van der Waals surface area contributed by atoms with Crippen molar-refractivity contribution in [2.45, 2.75) is 12.5 Å². The van der Waals surface area contributed by atoms with Crippen LogP contribution in [-0.4, -0.2) is 14.1 Å². The minimum Gasteiger partial charge on any atom is -0.298 e. The first-order chi connectivity index (χ1) is 6.49. The Morgan fingerprint density at radius 1 is 1.36 bits per heavy atom. The Kier molecular flexibility index (Phi) is 2.98. The molecule has 1 nitrogen and oxygen atoms in total. The molecule has 0 aromatic heterocycles. The normalized spacial score (nSPS) is 11.4. The highest BCUT2D eigenvalue weighted by Crippen LogP contribution is 2.32. The second kappa shape index (κ2) is 3.86. The number of aldehydes is 1. The predicted molar refractivity (Wildman–Crippen MR) is 46.3 cm³/mol. The number of carbonyl (C=O) groups excluding carboxylic acids is 1. The summed E-state index contributed by atoms with van der Waals surface area (Å²) in [7, 11) is 5.15. The minimum atomic E-state index is -4.46. The third-order valence-electron chi connectivity index (χ3n) is 1.80. The van der Waals surface area contributed by atoms with Crippen LogP contribution in [0.2, 0.25) is 0 Å². The van der Waals surface area contributed by atoms with E-state index in [1.165, 1.54) is 12.1 Å². The topological polar surface area (TPSA) is 17.1 Å². The molecule has 0 unspecified atom stereocenters. The van der Waals surface area contributed by atoms with Gasteiger partial charge in [0.2, 0.25) is 0 Å². The van der Waals surface area contributed by atoms with Crippen LogP contribution in [0.4, 0.5) is 13.2 Å². The third kappa shape index (κ3) is 2.16. The van der Waals surface area contributed by atoms with Crippen LogP contribution in [0.25, 0.3) is 0 Å². The van der Waals surface area contributed by atoms with Crippen LogP contribution in [0, 0.1) is 0 Å². The number of halogens is 3. The van der Waals surface area contributed by atoms with Crippen molar-refractivity contribution in [3.63, 3.8) is 0 Å². The lowest BCUT2D eigenvalue weighted by molar-refractivity contribution is -0.138. The SMILES string of the molecule is [B]Cc1ccc(C=O)cc1C(F)(F)F. The predicted octanol–water partition coefficient (Wildman–Crippen LogP) is 2.19. The van der Waals surface area contributed by atoms with Gasteiger partial charge in [-0.05, 0) is 11.6 Å². The molecule has 2 radical (unpaired) electrons. The molecule has 0 aliphatic carbocycles. The fourth-order valence-corrected chi connectivity index (χ4v) is 1.11. The number of rotatable bonds is 2. The lowest BCUT2D eigenvalue weighted by atomic mass is 9.91. The molecule has 72 valence electrons. The second-order valence-corrected chi connectivity index (χ2v) is 2.74. The van der Waals surface area contributed by atoms with E-state index in [0.717, 1.165) is 6.07 Å². The number of alkyl halides is 3. The standard InChI is InChI=1S/C9H6BF3O/c10-4-7-2-1-6(5-14)3-8(7)9(11,12)13/h1-3,5H,4H2. The maximum atomic E-state index is 12.4. The van der Waals surface area contributed by atoms with Gasteiger partial charge in [0.25, 0.3) is 0 Å². The first-order valence-electron chi connectivity index (χ1n) is 3.84. The van der Waals surface area contributed by atoms with Crippen LogP contribution in [0.5, 0.6) is 0 Å². The summed E-state index contributed by atoms with van der Waals surface area (Å²) in [6, 6.07) is 3.33. The Hall–Kier alpha value is -1.26. The molecule has 1 aromatic carbocycles. The summed E-state index contributed by atoms with van der Waals surface area (Å²) in [6.45, 7) is 0. The van der Waals surface area contributed by atoms with E-state index in [-0.39, 0.29) is 17.4 Å². The van der Waals surface area contributed by atoms with Crippen LogP contribution < -0.4 is 0 Å². The summed E-state index contributed by atoms with van der Waals surface area (Å²) in [5.74, 6) is 0. The molecule has 0 amide bonds. The van der Waals surface area contributed by atoms with Gasteiger partial charge in [-0.25, -0.2) is 0 Å². The van der Waals surface area contributed by atoms with Gasteiger partial charge in [0, 0.05) is 5.56 Å². The van der Waals surface area contributed by atoms with Crippen LogP contribution in [0.15, 0.2) is 18.2 Å². The molecular weight excluding hydrogens is 192 g/mol. The Morgan fingerprint density at radius 2 is 2.00 bits per heavy atom. The summed E-state index contributed by atoms with van der Waals surface area (Å²) in [5.41, 5.74) is -0.859. The molecule has 0 spiro atoms. The largest absolute Gasteiger partial charge is 0.416 e. The van der Waals surface area contributed by atoms with E-state index in [1.807, 2.05) is 0 Å². The van der Waals surface area contributed by atoms with E-state index >= 15 is 0 Å². The molecule has 0 aliphatic rings. The molecule has 0 bridgehead atoms. The van der Waals surface area contributed by atoms with Crippen molar-refractivity contribution in [3.8, 4) is 0 Å². The van der Waals surface area contributed by atoms with Crippen molar-refractivity contribution in [1.29, 1.82) is 0 Å². The zero-order valence-electron chi connectivity index (χ0n) is 7.14. The van der Waals surface area contributed by atoms with Crippen molar-refractivity contribution in [2.24, 2.45) is 0 Å². The van der Waals surface area contributed by atoms with E-state index in [2.05, 4.69) is 0 Å². The van der Waals surface area contributed by atoms with Gasteiger partial charge in [0.15, 0.2) is 0 Å². The fourth-order valence-electron chi connectivity index (χ4n) is 1.11. The van der Waals surface area contributed by atoms with Crippen molar-refractivity contribution < 1.29 is 18.0 Å². The smallest absolute Gasteiger partial charge is 0.298 e. The molecule has 0 fully saturated rings. The molecule has 0 heterocycles. The van der Waals surface area contributed by atoms with Crippen molar-refractivity contribution >= 4 is 14.1 Å². The molecule has 14 heavy (non-hydrogen) atoms. The van der Waals surface area contributed by atoms with Gasteiger partial charge in [-0.2, -0.15) is 13.2 Å². The van der Waals surface area contributed by atoms with Gasteiger partial charge in [0.05, 0.1) is 13.4 Å². The quantitative estimate of drug-likeness (QED) is 0.525. The van der Waals surface area contributed by atoms with Gasteiger partial charge in [-0.15, -0.1) is 0 Å². The molecule has 0 N–H and O–H groups in total. The van der Waals surface area contributed by atoms with Crippen LogP contribution in [0.1, 0.15) is 21.5 Å². The van der Waals surface area contributed by atoms with Gasteiger partial charge in [-0.1, -0.05) is 18.5 Å². The zero-order valence-corrected chi connectivity index (χ0v) is 7.14. The van der Waals surface area contributed by atoms with Crippen molar-refractivity contribution in [3.05, 3.63) is 34.9 Å². The third-order valence-corrected chi connectivity index (χ3v) is 1.80. The van der Waals surface area contributed by atoms with Gasteiger partial charge in [-0.3, -0.25) is 4.79 Å². The maximum absolute atomic E-state index is 12.4. The summed E-state index contributed by atoms with van der Waals surface area (Å²) in [6.07, 6.45) is -4.29. The number of carbonyl (C=O) groups is 1. The first-order valence-corrected chi connectivity index (χ1v) is 3.84. The van der Waals surface area contributed by atoms with E-state index in [1.54, 1.807) is 0 Å². The van der Waals surface area contributed by atoms with Gasteiger partial charge < -0.3 is 0 Å². The Balaban J connectivity index is 3.29. The first kappa shape index (κ1) is 10.8. The molecule has 0 atom stereocenters. The summed E-state index contributed by atoms with van der Waals surface area (Å²) in [4.78, 5) is 10.3. The Labute approximate surface area is 80.3 Å². The lowest BCUT2D eigenvalue weighted by Crippen LogP contribution is -2.10. The zero-order chi connectivity index (χ0) is 10.8. The molecule has 1 rings (SSSR count). The van der Waals surface area contributed by atoms with E-state index < -0.39 is 11.7 Å². The van der Waals surface area contributed by atoms with Gasteiger partial charge in [0.1, 0.15) is 6.29 Å². The summed E-state index contributed by atoms with van der Waals surface area (Å²) in [5, 5.41) is 0.